The molecule has 0 fully saturated rings. The zero-order valence-electron chi connectivity index (χ0n) is 11.6. The molecule has 3 aromatic rings. The van der Waals surface area contributed by atoms with Crippen LogP contribution in [0, 0.1) is 0 Å². The first-order chi connectivity index (χ1) is 10.2. The Morgan fingerprint density at radius 3 is 2.62 bits per heavy atom. The molecule has 1 aromatic heterocycles. The number of rotatable bonds is 3. The molecule has 0 aliphatic heterocycles. The van der Waals surface area contributed by atoms with Crippen molar-refractivity contribution < 1.29 is 19.1 Å². The van der Waals surface area contributed by atoms with Crippen LogP contribution >= 0.6 is 0 Å². The van der Waals surface area contributed by atoms with Crippen LogP contribution in [0.25, 0.3) is 21.8 Å². The molecule has 5 heteroatoms. The van der Waals surface area contributed by atoms with Gasteiger partial charge in [0.2, 0.25) is 0 Å². The second-order valence-corrected chi connectivity index (χ2v) is 4.57. The van der Waals surface area contributed by atoms with Gasteiger partial charge in [0.15, 0.2) is 12.0 Å². The summed E-state index contributed by atoms with van der Waals surface area (Å²) in [6, 6.07) is 9.34. The van der Waals surface area contributed by atoms with E-state index >= 15 is 0 Å². The van der Waals surface area contributed by atoms with E-state index in [1.54, 1.807) is 6.07 Å². The third-order valence-corrected chi connectivity index (χ3v) is 3.52. The Kier molecular flexibility index (Phi) is 3.10. The number of methoxy groups -OCH3 is 2. The number of para-hydroxylation sites is 1. The van der Waals surface area contributed by atoms with Gasteiger partial charge in [-0.25, -0.2) is 4.79 Å². The summed E-state index contributed by atoms with van der Waals surface area (Å²) in [6.45, 7) is 0. The number of benzene rings is 2. The van der Waals surface area contributed by atoms with E-state index in [4.69, 9.17) is 9.47 Å². The third-order valence-electron chi connectivity index (χ3n) is 3.52. The zero-order valence-corrected chi connectivity index (χ0v) is 11.6. The SMILES string of the molecule is COC(=O)c1cc2c([nH]c3ccccc32)c(OC)c1C=O. The standard InChI is InChI=1S/C16H13NO4/c1-20-15-12(8-18)11(16(19)21-2)7-10-9-5-3-4-6-13(9)17-14(10)15/h3-8,17H,1-2H3. The Bertz CT molecular complexity index is 863. The summed E-state index contributed by atoms with van der Waals surface area (Å²) in [5, 5.41) is 1.77. The molecule has 0 aliphatic rings. The van der Waals surface area contributed by atoms with Gasteiger partial charge in [-0.05, 0) is 12.1 Å². The van der Waals surface area contributed by atoms with E-state index in [0.29, 0.717) is 17.6 Å². The first-order valence-corrected chi connectivity index (χ1v) is 6.36. The maximum Gasteiger partial charge on any atom is 0.338 e. The van der Waals surface area contributed by atoms with Crippen molar-refractivity contribution in [1.29, 1.82) is 0 Å². The summed E-state index contributed by atoms with van der Waals surface area (Å²) in [4.78, 5) is 26.5. The summed E-state index contributed by atoms with van der Waals surface area (Å²) in [5.41, 5.74) is 1.98. The fraction of sp³-hybridized carbons (Fsp3) is 0.125. The van der Waals surface area contributed by atoms with Crippen LogP contribution in [0.15, 0.2) is 30.3 Å². The van der Waals surface area contributed by atoms with E-state index in [1.165, 1.54) is 14.2 Å². The molecule has 5 nitrogen and oxygen atoms in total. The van der Waals surface area contributed by atoms with E-state index in [0.717, 1.165) is 16.3 Å². The van der Waals surface area contributed by atoms with Crippen molar-refractivity contribution in [3.05, 3.63) is 41.5 Å². The van der Waals surface area contributed by atoms with Gasteiger partial charge in [0, 0.05) is 16.3 Å². The molecule has 0 radical (unpaired) electrons. The summed E-state index contributed by atoms with van der Waals surface area (Å²) >= 11 is 0. The second-order valence-electron chi connectivity index (χ2n) is 4.57. The lowest BCUT2D eigenvalue weighted by molar-refractivity contribution is 0.0598. The lowest BCUT2D eigenvalue weighted by Gasteiger charge is -2.09. The first kappa shape index (κ1) is 13.2. The molecule has 0 amide bonds. The summed E-state index contributed by atoms with van der Waals surface area (Å²) in [6.07, 6.45) is 0.607. The van der Waals surface area contributed by atoms with Crippen LogP contribution in [0.5, 0.6) is 5.75 Å². The average molecular weight is 283 g/mol. The summed E-state index contributed by atoms with van der Waals surface area (Å²) < 4.78 is 10.1. The maximum atomic E-state index is 11.9. The number of nitrogens with one attached hydrogen (secondary N) is 1. The molecule has 1 N–H and O–H groups in total. The van der Waals surface area contributed by atoms with Crippen LogP contribution in [0.1, 0.15) is 20.7 Å². The Morgan fingerprint density at radius 2 is 1.95 bits per heavy atom. The first-order valence-electron chi connectivity index (χ1n) is 6.36. The smallest absolute Gasteiger partial charge is 0.338 e. The fourth-order valence-corrected chi connectivity index (χ4v) is 2.58. The van der Waals surface area contributed by atoms with Gasteiger partial charge >= 0.3 is 5.97 Å². The van der Waals surface area contributed by atoms with Crippen molar-refractivity contribution in [2.24, 2.45) is 0 Å². The third kappa shape index (κ3) is 1.86. The van der Waals surface area contributed by atoms with Gasteiger partial charge in [0.25, 0.3) is 0 Å². The number of aromatic nitrogens is 1. The molecule has 0 saturated carbocycles. The van der Waals surface area contributed by atoms with Gasteiger partial charge in [0.1, 0.15) is 0 Å². The summed E-state index contributed by atoms with van der Waals surface area (Å²) in [5.74, 6) is -0.221. The maximum absolute atomic E-state index is 11.9. The van der Waals surface area contributed by atoms with Gasteiger partial charge in [-0.1, -0.05) is 18.2 Å². The summed E-state index contributed by atoms with van der Waals surface area (Å²) in [7, 11) is 2.75. The number of ether oxygens (including phenoxy) is 2. The quantitative estimate of drug-likeness (QED) is 0.592. The molecule has 106 valence electrons. The van der Waals surface area contributed by atoms with E-state index in [1.807, 2.05) is 24.3 Å². The molecule has 0 spiro atoms. The monoisotopic (exact) mass is 283 g/mol. The normalized spacial score (nSPS) is 10.8. The highest BCUT2D eigenvalue weighted by Gasteiger charge is 2.21. The fourth-order valence-electron chi connectivity index (χ4n) is 2.58. The number of carbonyl (C=O) groups excluding carboxylic acids is 2. The number of carbonyl (C=O) groups is 2. The molecule has 2 aromatic carbocycles. The van der Waals surface area contributed by atoms with Crippen LogP contribution in [-0.2, 0) is 4.74 Å². The molecule has 3 rings (SSSR count). The van der Waals surface area contributed by atoms with Crippen molar-refractivity contribution in [3.63, 3.8) is 0 Å². The van der Waals surface area contributed by atoms with E-state index < -0.39 is 5.97 Å². The van der Waals surface area contributed by atoms with E-state index in [9.17, 15) is 9.59 Å². The van der Waals surface area contributed by atoms with Crippen LogP contribution < -0.4 is 4.74 Å². The predicted octanol–water partition coefficient (Wildman–Crippen LogP) is 2.93. The minimum Gasteiger partial charge on any atom is -0.494 e. The number of aromatic amines is 1. The number of H-pyrrole nitrogens is 1. The Balaban J connectivity index is 2.50. The number of esters is 1. The van der Waals surface area contributed by atoms with E-state index in [2.05, 4.69) is 4.98 Å². The lowest BCUT2D eigenvalue weighted by Crippen LogP contribution is -2.07. The Labute approximate surface area is 120 Å². The van der Waals surface area contributed by atoms with Gasteiger partial charge in [-0.3, -0.25) is 4.79 Å². The number of fused-ring (bicyclic) bond motifs is 3. The molecule has 0 saturated heterocycles. The van der Waals surface area contributed by atoms with Gasteiger partial charge in [-0.15, -0.1) is 0 Å². The van der Waals surface area contributed by atoms with Gasteiger partial charge in [-0.2, -0.15) is 0 Å². The van der Waals surface area contributed by atoms with Crippen molar-refractivity contribution >= 4 is 34.1 Å². The molecule has 0 bridgehead atoms. The number of hydrogen-bond acceptors (Lipinski definition) is 4. The molecule has 0 aliphatic carbocycles. The predicted molar refractivity (Wildman–Crippen MR) is 79.1 cm³/mol. The number of aldehydes is 1. The van der Waals surface area contributed by atoms with Crippen LogP contribution in [0.2, 0.25) is 0 Å². The zero-order chi connectivity index (χ0) is 15.0. The van der Waals surface area contributed by atoms with Crippen molar-refractivity contribution in [2.75, 3.05) is 14.2 Å². The molecule has 21 heavy (non-hydrogen) atoms. The van der Waals surface area contributed by atoms with Crippen LogP contribution in [0.3, 0.4) is 0 Å². The van der Waals surface area contributed by atoms with Crippen LogP contribution in [-0.4, -0.2) is 31.5 Å². The minimum absolute atomic E-state index is 0.184. The van der Waals surface area contributed by atoms with Gasteiger partial charge in [0.05, 0.1) is 30.9 Å². The highest BCUT2D eigenvalue weighted by molar-refractivity contribution is 6.15. The van der Waals surface area contributed by atoms with Gasteiger partial charge < -0.3 is 14.5 Å². The largest absolute Gasteiger partial charge is 0.494 e. The topological polar surface area (TPSA) is 68.4 Å². The lowest BCUT2D eigenvalue weighted by atomic mass is 10.0. The Hall–Kier alpha value is -2.82. The second kappa shape index (κ2) is 4.94. The number of hydrogen-bond donors (Lipinski definition) is 1. The minimum atomic E-state index is -0.567. The van der Waals surface area contributed by atoms with E-state index in [-0.39, 0.29) is 11.1 Å². The van der Waals surface area contributed by atoms with Crippen molar-refractivity contribution in [2.45, 2.75) is 0 Å². The average Bonchev–Trinajstić information content (AvgIpc) is 2.90. The van der Waals surface area contributed by atoms with Crippen molar-refractivity contribution in [3.8, 4) is 5.75 Å². The molecule has 1 heterocycles. The molecule has 0 atom stereocenters. The molecular formula is C16H13NO4. The Morgan fingerprint density at radius 1 is 1.19 bits per heavy atom. The van der Waals surface area contributed by atoms with Crippen LogP contribution in [0.4, 0.5) is 0 Å². The molecule has 0 unspecified atom stereocenters. The van der Waals surface area contributed by atoms with Crippen molar-refractivity contribution in [1.82, 2.24) is 4.98 Å². The molecular weight excluding hydrogens is 270 g/mol. The highest BCUT2D eigenvalue weighted by atomic mass is 16.5. The highest BCUT2D eigenvalue weighted by Crippen LogP contribution is 2.36.